The summed E-state index contributed by atoms with van der Waals surface area (Å²) < 4.78 is 31.9. The summed E-state index contributed by atoms with van der Waals surface area (Å²) in [5, 5.41) is 13.6. The second-order valence-electron chi connectivity index (χ2n) is 11.4. The summed E-state index contributed by atoms with van der Waals surface area (Å²) in [6, 6.07) is 20.8. The van der Waals surface area contributed by atoms with Crippen LogP contribution in [0.4, 0.5) is 0 Å². The van der Waals surface area contributed by atoms with Gasteiger partial charge in [-0.25, -0.2) is 0 Å². The van der Waals surface area contributed by atoms with Gasteiger partial charge >= 0.3 is 0 Å². The second-order valence-corrected chi connectivity index (χ2v) is 15.7. The van der Waals surface area contributed by atoms with Crippen molar-refractivity contribution in [2.45, 2.75) is 82.6 Å². The van der Waals surface area contributed by atoms with Gasteiger partial charge in [0.15, 0.2) is 17.7 Å². The predicted octanol–water partition coefficient (Wildman–Crippen LogP) is 3.76. The van der Waals surface area contributed by atoms with Crippen LogP contribution in [-0.4, -0.2) is 63.1 Å². The fourth-order valence-electron chi connectivity index (χ4n) is 5.76. The largest absolute Gasteiger partial charge is 0.404 e. The molecular weight excluding hydrogens is 472 g/mol. The van der Waals surface area contributed by atoms with Crippen LogP contribution in [0.2, 0.25) is 5.04 Å². The number of ether oxygens (including phenoxy) is 4. The Morgan fingerprint density at radius 3 is 1.97 bits per heavy atom. The van der Waals surface area contributed by atoms with E-state index in [-0.39, 0.29) is 11.6 Å². The molecule has 7 heteroatoms. The van der Waals surface area contributed by atoms with Crippen LogP contribution in [0.25, 0.3) is 0 Å². The van der Waals surface area contributed by atoms with E-state index in [9.17, 15) is 5.11 Å². The highest BCUT2D eigenvalue weighted by Crippen LogP contribution is 2.47. The number of aliphatic hydroxyl groups is 1. The maximum atomic E-state index is 11.5. The molecule has 2 aromatic carbocycles. The summed E-state index contributed by atoms with van der Waals surface area (Å²) in [7, 11) is -1.30. The molecule has 6 nitrogen and oxygen atoms in total. The van der Waals surface area contributed by atoms with Crippen molar-refractivity contribution >= 4 is 18.7 Å². The van der Waals surface area contributed by atoms with Crippen LogP contribution >= 0.6 is 0 Å². The van der Waals surface area contributed by atoms with Gasteiger partial charge in [0.05, 0.1) is 6.61 Å². The highest BCUT2D eigenvalue weighted by Gasteiger charge is 2.66. The summed E-state index contributed by atoms with van der Waals surface area (Å²) in [5.74, 6) is -0.814. The van der Waals surface area contributed by atoms with Crippen LogP contribution < -0.4 is 10.4 Å². The van der Waals surface area contributed by atoms with Crippen molar-refractivity contribution in [1.29, 1.82) is 0 Å². The average molecular weight is 513 g/mol. The van der Waals surface area contributed by atoms with Crippen molar-refractivity contribution in [2.24, 2.45) is 0 Å². The van der Waals surface area contributed by atoms with Gasteiger partial charge in [0.1, 0.15) is 18.3 Å². The third kappa shape index (κ3) is 4.51. The Hall–Kier alpha value is -1.84. The Morgan fingerprint density at radius 2 is 1.53 bits per heavy atom. The number of fused-ring (bicyclic) bond motifs is 1. The Balaban J connectivity index is 1.83. The van der Waals surface area contributed by atoms with Crippen molar-refractivity contribution in [3.05, 3.63) is 72.8 Å². The number of methoxy groups -OCH3 is 1. The van der Waals surface area contributed by atoms with Crippen molar-refractivity contribution < 1.29 is 28.5 Å². The molecule has 4 rings (SSSR count). The lowest BCUT2D eigenvalue weighted by atomic mass is 9.86. The lowest BCUT2D eigenvalue weighted by Crippen LogP contribution is -2.69. The second kappa shape index (κ2) is 9.80. The van der Waals surface area contributed by atoms with E-state index < -0.39 is 44.3 Å². The topological polar surface area (TPSA) is 66.4 Å². The molecule has 0 amide bonds. The third-order valence-corrected chi connectivity index (χ3v) is 12.3. The lowest BCUT2D eigenvalue weighted by molar-refractivity contribution is -0.263. The number of hydrogen-bond acceptors (Lipinski definition) is 6. The van der Waals surface area contributed by atoms with E-state index in [2.05, 4.69) is 51.6 Å². The Labute approximate surface area is 216 Å². The Morgan fingerprint density at radius 1 is 1.00 bits per heavy atom. The summed E-state index contributed by atoms with van der Waals surface area (Å²) >= 11 is 0. The van der Waals surface area contributed by atoms with E-state index in [1.165, 1.54) is 0 Å². The number of rotatable bonds is 8. The molecule has 2 saturated heterocycles. The molecule has 1 unspecified atom stereocenters. The molecule has 2 fully saturated rings. The monoisotopic (exact) mass is 512 g/mol. The van der Waals surface area contributed by atoms with Crippen molar-refractivity contribution in [3.8, 4) is 0 Å². The van der Waals surface area contributed by atoms with Crippen molar-refractivity contribution in [3.63, 3.8) is 0 Å². The average Bonchev–Trinajstić information content (AvgIpc) is 3.27. The molecule has 5 atom stereocenters. The molecule has 0 saturated carbocycles. The standard InChI is InChI=1S/C29H40O6Si/c1-20(2)24(30)29(25(31-8)23-26(35-29)34-28(6,7)33-23)19-32-36(27(3,4)5,21-15-11-9-12-16-21)22-17-13-10-14-18-22/h9-18,23-26,30H,1,19H2,2-8H3/t23-,24?,25+,26+,29+/m1/s1. The normalized spacial score (nSPS) is 28.6. The first-order valence-corrected chi connectivity index (χ1v) is 14.4. The third-order valence-electron chi connectivity index (χ3n) is 7.32. The number of benzene rings is 2. The van der Waals surface area contributed by atoms with Gasteiger partial charge in [-0.3, -0.25) is 0 Å². The van der Waals surface area contributed by atoms with Crippen LogP contribution in [0, 0.1) is 0 Å². The van der Waals surface area contributed by atoms with E-state index in [0.717, 1.165) is 10.4 Å². The molecule has 196 valence electrons. The van der Waals surface area contributed by atoms with Crippen molar-refractivity contribution in [1.82, 2.24) is 0 Å². The van der Waals surface area contributed by atoms with E-state index in [1.54, 1.807) is 14.0 Å². The van der Waals surface area contributed by atoms with Gasteiger partial charge < -0.3 is 28.5 Å². The SMILES string of the molecule is C=C(C)C(O)[C@]1(CO[Si](c2ccccc2)(c2ccccc2)C(C)(C)C)O[C@@H]2OC(C)(C)O[C@@H]2[C@@H]1OC. The van der Waals surface area contributed by atoms with Gasteiger partial charge in [0.2, 0.25) is 0 Å². The first-order chi connectivity index (χ1) is 16.9. The Bertz CT molecular complexity index is 1010. The number of aliphatic hydroxyl groups excluding tert-OH is 1. The zero-order valence-electron chi connectivity index (χ0n) is 22.5. The smallest absolute Gasteiger partial charge is 0.261 e. The van der Waals surface area contributed by atoms with E-state index >= 15 is 0 Å². The first kappa shape index (κ1) is 27.2. The highest BCUT2D eigenvalue weighted by atomic mass is 28.4. The van der Waals surface area contributed by atoms with Crippen LogP contribution in [0.5, 0.6) is 0 Å². The minimum Gasteiger partial charge on any atom is -0.404 e. The van der Waals surface area contributed by atoms with Gasteiger partial charge in [0, 0.05) is 7.11 Å². The summed E-state index contributed by atoms with van der Waals surface area (Å²) in [6.07, 6.45) is -2.89. The molecule has 0 aromatic heterocycles. The first-order valence-electron chi connectivity index (χ1n) is 12.5. The fourth-order valence-corrected chi connectivity index (χ4v) is 10.4. The molecule has 2 aliphatic heterocycles. The summed E-state index contributed by atoms with van der Waals surface area (Å²) in [4.78, 5) is 0. The molecule has 2 heterocycles. The minimum absolute atomic E-state index is 0.0764. The van der Waals surface area contributed by atoms with E-state index in [0.29, 0.717) is 5.57 Å². The van der Waals surface area contributed by atoms with Gasteiger partial charge in [-0.1, -0.05) is 88.0 Å². The van der Waals surface area contributed by atoms with E-state index in [4.69, 9.17) is 23.4 Å². The Kier molecular flexibility index (Phi) is 7.40. The fraction of sp³-hybridized carbons (Fsp3) is 0.517. The minimum atomic E-state index is -2.91. The molecule has 0 spiro atoms. The maximum absolute atomic E-state index is 11.5. The van der Waals surface area contributed by atoms with E-state index in [1.807, 2.05) is 50.2 Å². The molecule has 2 aromatic rings. The van der Waals surface area contributed by atoms with Crippen LogP contribution in [0.1, 0.15) is 41.5 Å². The summed E-state index contributed by atoms with van der Waals surface area (Å²) in [6.45, 7) is 16.2. The molecule has 36 heavy (non-hydrogen) atoms. The molecule has 2 aliphatic rings. The quantitative estimate of drug-likeness (QED) is 0.429. The van der Waals surface area contributed by atoms with Crippen molar-refractivity contribution in [2.75, 3.05) is 13.7 Å². The molecule has 0 bridgehead atoms. The summed E-state index contributed by atoms with van der Waals surface area (Å²) in [5.41, 5.74) is -0.707. The molecular formula is C29H40O6Si. The molecule has 1 N–H and O–H groups in total. The van der Waals surface area contributed by atoms with Crippen LogP contribution in [0.3, 0.4) is 0 Å². The predicted molar refractivity (Wildman–Crippen MR) is 143 cm³/mol. The highest BCUT2D eigenvalue weighted by molar-refractivity contribution is 6.99. The van der Waals surface area contributed by atoms with Gasteiger partial charge in [-0.15, -0.1) is 0 Å². The zero-order chi connectivity index (χ0) is 26.4. The van der Waals surface area contributed by atoms with Crippen LogP contribution in [0.15, 0.2) is 72.8 Å². The maximum Gasteiger partial charge on any atom is 0.261 e. The van der Waals surface area contributed by atoms with Gasteiger partial charge in [0.25, 0.3) is 8.32 Å². The molecule has 0 aliphatic carbocycles. The number of hydrogen-bond donors (Lipinski definition) is 1. The zero-order valence-corrected chi connectivity index (χ0v) is 23.5. The van der Waals surface area contributed by atoms with Gasteiger partial charge in [-0.2, -0.15) is 0 Å². The lowest BCUT2D eigenvalue weighted by Gasteiger charge is -2.47. The van der Waals surface area contributed by atoms with Crippen LogP contribution in [-0.2, 0) is 23.4 Å². The molecule has 0 radical (unpaired) electrons. The van der Waals surface area contributed by atoms with Gasteiger partial charge in [-0.05, 0) is 41.8 Å².